The zero-order chi connectivity index (χ0) is 17.3. The van der Waals surface area contributed by atoms with Crippen LogP contribution in [0.25, 0.3) is 21.9 Å². The van der Waals surface area contributed by atoms with Crippen molar-refractivity contribution >= 4 is 10.8 Å². The van der Waals surface area contributed by atoms with E-state index >= 15 is 0 Å². The summed E-state index contributed by atoms with van der Waals surface area (Å²) in [4.78, 5) is 0. The number of rotatable bonds is 2. The van der Waals surface area contributed by atoms with Crippen LogP contribution in [0.15, 0.2) is 103 Å². The van der Waals surface area contributed by atoms with Crippen molar-refractivity contribution < 1.29 is 4.74 Å². The van der Waals surface area contributed by atoms with Gasteiger partial charge in [-0.1, -0.05) is 97.1 Å². The van der Waals surface area contributed by atoms with Crippen LogP contribution in [-0.2, 0) is 0 Å². The van der Waals surface area contributed by atoms with Crippen LogP contribution in [0.3, 0.4) is 0 Å². The van der Waals surface area contributed by atoms with Gasteiger partial charge in [0.25, 0.3) is 6.26 Å². The maximum Gasteiger partial charge on any atom is 0.292 e. The molecule has 0 aliphatic rings. The average Bonchev–Trinajstić information content (AvgIpc) is 2.70. The van der Waals surface area contributed by atoms with Crippen molar-refractivity contribution in [1.82, 2.24) is 0 Å². The summed E-state index contributed by atoms with van der Waals surface area (Å²) in [7, 11) is 0. The van der Waals surface area contributed by atoms with Gasteiger partial charge in [-0.15, -0.1) is 5.26 Å². The van der Waals surface area contributed by atoms with Crippen molar-refractivity contribution in [2.24, 2.45) is 0 Å². The van der Waals surface area contributed by atoms with Crippen molar-refractivity contribution in [3.05, 3.63) is 103 Å². The molecule has 0 radical (unpaired) electrons. The minimum atomic E-state index is 0.612. The Hall–Kier alpha value is -3.57. The number of benzene rings is 4. The maximum absolute atomic E-state index is 8.41. The fraction of sp³-hybridized carbons (Fsp3) is 0. The highest BCUT2D eigenvalue weighted by atomic mass is 16.5. The van der Waals surface area contributed by atoms with Crippen LogP contribution in [0.5, 0.6) is 5.75 Å². The van der Waals surface area contributed by atoms with Gasteiger partial charge in [0.1, 0.15) is 5.75 Å². The van der Waals surface area contributed by atoms with Gasteiger partial charge in [-0.25, -0.2) is 0 Å². The summed E-state index contributed by atoms with van der Waals surface area (Å²) in [6, 6.07) is 34.2. The Morgan fingerprint density at radius 2 is 1.08 bits per heavy atom. The second kappa shape index (κ2) is 8.33. The van der Waals surface area contributed by atoms with Gasteiger partial charge < -0.3 is 4.74 Å². The van der Waals surface area contributed by atoms with Gasteiger partial charge >= 0.3 is 0 Å². The Balaban J connectivity index is 0.000000146. The molecule has 2 heteroatoms. The molecule has 0 aliphatic heterocycles. The largest absolute Gasteiger partial charge is 0.387 e. The van der Waals surface area contributed by atoms with E-state index in [1.165, 1.54) is 11.1 Å². The van der Waals surface area contributed by atoms with E-state index in [2.05, 4.69) is 48.5 Å². The summed E-state index contributed by atoms with van der Waals surface area (Å²) in [5.74, 6) is 0.612. The summed E-state index contributed by atoms with van der Waals surface area (Å²) in [6.07, 6.45) is 1.68. The van der Waals surface area contributed by atoms with Crippen LogP contribution < -0.4 is 4.74 Å². The van der Waals surface area contributed by atoms with Gasteiger partial charge in [0.15, 0.2) is 0 Å². The standard InChI is InChI=1S/C12H10.C11H7NO/c1-3-7-11(8-4-1)12-9-5-2-6-10-12;12-8-13-11-7-3-5-9-4-1-2-6-10(9)11/h1-10H;1-7H. The zero-order valence-electron chi connectivity index (χ0n) is 13.7. The van der Waals surface area contributed by atoms with Crippen LogP contribution in [0.1, 0.15) is 0 Å². The fourth-order valence-corrected chi connectivity index (χ4v) is 2.60. The van der Waals surface area contributed by atoms with Crippen LogP contribution in [0, 0.1) is 11.5 Å². The highest BCUT2D eigenvalue weighted by molar-refractivity contribution is 5.88. The molecule has 0 unspecified atom stereocenters. The Bertz CT molecular complexity index is 930. The predicted octanol–water partition coefficient (Wildman–Crippen LogP) is 6.05. The van der Waals surface area contributed by atoms with Crippen molar-refractivity contribution in [3.8, 4) is 23.1 Å². The predicted molar refractivity (Wildman–Crippen MR) is 102 cm³/mol. The molecule has 0 amide bonds. The van der Waals surface area contributed by atoms with Crippen LogP contribution in [0.2, 0.25) is 0 Å². The summed E-state index contributed by atoms with van der Waals surface area (Å²) < 4.78 is 4.82. The highest BCUT2D eigenvalue weighted by Crippen LogP contribution is 2.24. The first-order chi connectivity index (χ1) is 12.4. The Morgan fingerprint density at radius 3 is 1.68 bits per heavy atom. The molecule has 0 spiro atoms. The number of nitrogens with zero attached hydrogens (tertiary/aromatic N) is 1. The Morgan fingerprint density at radius 1 is 0.560 bits per heavy atom. The number of fused-ring (bicyclic) bond motifs is 1. The molecule has 4 aromatic carbocycles. The second-order valence-electron chi connectivity index (χ2n) is 5.40. The van der Waals surface area contributed by atoms with E-state index in [-0.39, 0.29) is 0 Å². The van der Waals surface area contributed by atoms with E-state index < -0.39 is 0 Å². The number of hydrogen-bond acceptors (Lipinski definition) is 2. The lowest BCUT2D eigenvalue weighted by molar-refractivity contribution is 0.513. The number of hydrogen-bond donors (Lipinski definition) is 0. The number of ether oxygens (including phenoxy) is 1. The molecule has 0 N–H and O–H groups in total. The monoisotopic (exact) mass is 323 g/mol. The van der Waals surface area contributed by atoms with Gasteiger partial charge in [-0.3, -0.25) is 0 Å². The van der Waals surface area contributed by atoms with E-state index in [1.807, 2.05) is 48.5 Å². The van der Waals surface area contributed by atoms with Gasteiger partial charge in [-0.2, -0.15) is 0 Å². The van der Waals surface area contributed by atoms with Gasteiger partial charge in [0, 0.05) is 5.39 Å². The molecule has 0 aliphatic carbocycles. The first-order valence-electron chi connectivity index (χ1n) is 8.02. The normalized spacial score (nSPS) is 9.56. The minimum absolute atomic E-state index is 0.612. The van der Waals surface area contributed by atoms with Gasteiger partial charge in [0.2, 0.25) is 0 Å². The molecule has 0 saturated heterocycles. The van der Waals surface area contributed by atoms with E-state index in [0.29, 0.717) is 5.75 Å². The smallest absolute Gasteiger partial charge is 0.292 e. The molecule has 0 bridgehead atoms. The van der Waals surface area contributed by atoms with Crippen LogP contribution >= 0.6 is 0 Å². The fourth-order valence-electron chi connectivity index (χ4n) is 2.60. The quantitative estimate of drug-likeness (QED) is 0.420. The Kier molecular flexibility index (Phi) is 5.43. The minimum Gasteiger partial charge on any atom is -0.387 e. The van der Waals surface area contributed by atoms with E-state index in [9.17, 15) is 0 Å². The van der Waals surface area contributed by atoms with Gasteiger partial charge in [-0.05, 0) is 22.6 Å². The third kappa shape index (κ3) is 4.25. The zero-order valence-corrected chi connectivity index (χ0v) is 13.7. The molecule has 0 aromatic heterocycles. The summed E-state index contributed by atoms with van der Waals surface area (Å²) in [5.41, 5.74) is 2.55. The summed E-state index contributed by atoms with van der Waals surface area (Å²) >= 11 is 0. The van der Waals surface area contributed by atoms with Crippen molar-refractivity contribution in [3.63, 3.8) is 0 Å². The Labute approximate surface area is 147 Å². The summed E-state index contributed by atoms with van der Waals surface area (Å²) in [6.45, 7) is 0. The topological polar surface area (TPSA) is 33.0 Å². The third-order valence-corrected chi connectivity index (χ3v) is 3.79. The first-order valence-corrected chi connectivity index (χ1v) is 8.02. The lowest BCUT2D eigenvalue weighted by Gasteiger charge is -2.00. The van der Waals surface area contributed by atoms with Crippen molar-refractivity contribution in [2.45, 2.75) is 0 Å². The molecular weight excluding hydrogens is 306 g/mol. The molecule has 25 heavy (non-hydrogen) atoms. The molecule has 0 saturated carbocycles. The average molecular weight is 323 g/mol. The van der Waals surface area contributed by atoms with Crippen molar-refractivity contribution in [1.29, 1.82) is 5.26 Å². The molecule has 0 atom stereocenters. The molecular formula is C23H17NO. The molecule has 2 nitrogen and oxygen atoms in total. The highest BCUT2D eigenvalue weighted by Gasteiger charge is 1.99. The molecule has 0 heterocycles. The van der Waals surface area contributed by atoms with E-state index in [1.54, 1.807) is 12.3 Å². The van der Waals surface area contributed by atoms with E-state index in [0.717, 1.165) is 10.8 Å². The number of nitriles is 1. The summed E-state index contributed by atoms with van der Waals surface area (Å²) in [5, 5.41) is 10.5. The van der Waals surface area contributed by atoms with Crippen molar-refractivity contribution in [2.75, 3.05) is 0 Å². The van der Waals surface area contributed by atoms with Gasteiger partial charge in [0.05, 0.1) is 0 Å². The molecule has 120 valence electrons. The van der Waals surface area contributed by atoms with Crippen LogP contribution in [-0.4, -0.2) is 0 Å². The maximum atomic E-state index is 8.41. The molecule has 0 fully saturated rings. The second-order valence-corrected chi connectivity index (χ2v) is 5.40. The third-order valence-electron chi connectivity index (χ3n) is 3.79. The van der Waals surface area contributed by atoms with Crippen LogP contribution in [0.4, 0.5) is 0 Å². The first kappa shape index (κ1) is 16.3. The van der Waals surface area contributed by atoms with E-state index in [4.69, 9.17) is 10.00 Å². The lowest BCUT2D eigenvalue weighted by Crippen LogP contribution is -1.82. The SMILES string of the molecule is N#COc1cccc2ccccc12.c1ccc(-c2ccccc2)cc1. The molecule has 4 aromatic rings. The molecule has 4 rings (SSSR count). The lowest BCUT2D eigenvalue weighted by atomic mass is 10.1.